The molecule has 1 aromatic heterocycles. The first-order chi connectivity index (χ1) is 34.1. The quantitative estimate of drug-likeness (QED) is 0.0374. The molecule has 22 heteroatoms. The molecule has 0 atom stereocenters. The Balaban J connectivity index is 0.000000217. The van der Waals surface area contributed by atoms with Gasteiger partial charge >= 0.3 is 0 Å². The number of hydrogen-bond donors (Lipinski definition) is 0. The fourth-order valence-electron chi connectivity index (χ4n) is 8.79. The number of aromatic nitrogens is 1. The number of benzene rings is 8. The first-order valence-electron chi connectivity index (χ1n) is 20.3. The van der Waals surface area contributed by atoms with Crippen LogP contribution in [-0.2, 0) is 6.54 Å². The van der Waals surface area contributed by atoms with Crippen LogP contribution in [0.5, 0.6) is 0 Å². The van der Waals surface area contributed by atoms with E-state index in [9.17, 15) is 52.7 Å². The van der Waals surface area contributed by atoms with Gasteiger partial charge in [-0.1, -0.05) is 78.9 Å². The minimum atomic E-state index is -7.22. The second-order valence-corrected chi connectivity index (χ2v) is 15.7. The summed E-state index contributed by atoms with van der Waals surface area (Å²) in [5.41, 5.74) is -10.5. The Morgan fingerprint density at radius 2 is 0.569 bits per heavy atom. The lowest BCUT2D eigenvalue weighted by Crippen LogP contribution is -2.81. The molecule has 0 N–H and O–H groups in total. The van der Waals surface area contributed by atoms with E-state index in [1.54, 1.807) is 0 Å². The summed E-state index contributed by atoms with van der Waals surface area (Å²) in [5.74, 6) is -71.4. The Morgan fingerprint density at radius 3 is 0.903 bits per heavy atom. The molecule has 8 aromatic carbocycles. The molecule has 0 bridgehead atoms. The van der Waals surface area contributed by atoms with Gasteiger partial charge in [0.15, 0.2) is 82.5 Å². The predicted molar refractivity (Wildman–Crippen MR) is 222 cm³/mol. The van der Waals surface area contributed by atoms with E-state index in [1.165, 1.54) is 38.4 Å². The number of fused-ring (bicyclic) bond motifs is 2. The highest BCUT2D eigenvalue weighted by atomic mass is 19.2. The van der Waals surface area contributed by atoms with Gasteiger partial charge in [-0.25, -0.2) is 87.8 Å². The second kappa shape index (κ2) is 19.0. The van der Waals surface area contributed by atoms with Gasteiger partial charge in [0, 0.05) is 17.7 Å². The third-order valence-corrected chi connectivity index (χ3v) is 11.9. The normalized spacial score (nSPS) is 11.7. The monoisotopic (exact) mass is 1030 g/mol. The van der Waals surface area contributed by atoms with Crippen LogP contribution in [0, 0.1) is 116 Å². The third-order valence-electron chi connectivity index (χ3n) is 11.9. The summed E-state index contributed by atoms with van der Waals surface area (Å²) >= 11 is 0. The van der Waals surface area contributed by atoms with E-state index in [0.717, 1.165) is 6.54 Å². The van der Waals surface area contributed by atoms with Crippen molar-refractivity contribution in [2.24, 2.45) is 0 Å². The molecule has 9 rings (SSSR count). The van der Waals surface area contributed by atoms with Crippen molar-refractivity contribution in [2.75, 3.05) is 0 Å². The molecule has 0 amide bonds. The van der Waals surface area contributed by atoms with E-state index in [1.807, 2.05) is 0 Å². The highest BCUT2D eigenvalue weighted by Crippen LogP contribution is 2.36. The molecule has 0 radical (unpaired) electrons. The van der Waals surface area contributed by atoms with Gasteiger partial charge in [-0.2, -0.15) is 4.57 Å². The van der Waals surface area contributed by atoms with Gasteiger partial charge in [0.25, 0.3) is 0 Å². The predicted octanol–water partition coefficient (Wildman–Crippen LogP) is 11.8. The zero-order valence-electron chi connectivity index (χ0n) is 35.2. The number of halogens is 20. The van der Waals surface area contributed by atoms with Gasteiger partial charge < -0.3 is 0 Å². The van der Waals surface area contributed by atoms with E-state index in [0.29, 0.717) is 0 Å². The topological polar surface area (TPSA) is 3.88 Å². The van der Waals surface area contributed by atoms with Crippen LogP contribution in [0.15, 0.2) is 109 Å². The van der Waals surface area contributed by atoms with E-state index >= 15 is 35.1 Å². The molecule has 1 nitrogen and oxygen atoms in total. The fraction of sp³-hybridized carbons (Fsp3) is 0.0200. The molecule has 0 fully saturated rings. The van der Waals surface area contributed by atoms with Crippen molar-refractivity contribution in [1.29, 1.82) is 0 Å². The van der Waals surface area contributed by atoms with Gasteiger partial charge in [0.1, 0.15) is 52.7 Å². The minimum absolute atomic E-state index is 0.856. The Hall–Kier alpha value is -7.91. The Kier molecular flexibility index (Phi) is 13.3. The summed E-state index contributed by atoms with van der Waals surface area (Å²) < 4.78 is 296. The highest BCUT2D eigenvalue weighted by molar-refractivity contribution is 7.20. The van der Waals surface area contributed by atoms with Gasteiger partial charge in [-0.05, 0) is 33.7 Å². The number of pyridine rings is 1. The molecular formula is C50H20BF20N. The van der Waals surface area contributed by atoms with Crippen LogP contribution in [0.1, 0.15) is 5.56 Å². The first-order valence-corrected chi connectivity index (χ1v) is 20.3. The molecule has 72 heavy (non-hydrogen) atoms. The van der Waals surface area contributed by atoms with Crippen molar-refractivity contribution in [3.05, 3.63) is 231 Å². The van der Waals surface area contributed by atoms with E-state index in [2.05, 4.69) is 114 Å². The standard InChI is InChI=1S/C26H20N.C24BF20/c1-2-10-20(11-3-1)19-27-17-9-8-16-25(27)26-23-14-6-4-12-21(23)18-22-13-5-7-15-24(22)26;26-5-1(6(27)14(35)21(42)13(5)34)25(2-7(28)15(36)22(43)16(37)8(2)29,3-9(30)17(38)23(44)18(39)10(3)31)4-11(32)19(40)24(45)20(41)12(4)33/h1-18H,19H2;/q+1;-1. The van der Waals surface area contributed by atoms with Crippen LogP contribution in [0.3, 0.4) is 0 Å². The average Bonchev–Trinajstić information content (AvgIpc) is 3.38. The smallest absolute Gasteiger partial charge is 0.207 e. The van der Waals surface area contributed by atoms with Crippen molar-refractivity contribution in [1.82, 2.24) is 0 Å². The SMILES string of the molecule is Fc1c(F)c(F)c([B-](c2c(F)c(F)c(F)c(F)c2F)(c2c(F)c(F)c(F)c(F)c2F)c2c(F)c(F)c(F)c(F)c2F)c(F)c1F.c1ccc(C[n+]2ccccc2-c2c3ccccc3cc3ccccc23)cc1. The summed E-state index contributed by atoms with van der Waals surface area (Å²) in [6.07, 6.45) is -5.04. The first kappa shape index (κ1) is 50.5. The molecule has 0 unspecified atom stereocenters. The molecule has 368 valence electrons. The fourth-order valence-corrected chi connectivity index (χ4v) is 8.79. The summed E-state index contributed by atoms with van der Waals surface area (Å²) in [6.45, 7) is 0.856. The van der Waals surface area contributed by atoms with Gasteiger partial charge in [-0.15, -0.1) is 21.9 Å². The second-order valence-electron chi connectivity index (χ2n) is 15.7. The zero-order valence-corrected chi connectivity index (χ0v) is 35.2. The summed E-state index contributed by atoms with van der Waals surface area (Å²) in [5, 5.41) is 5.15. The Morgan fingerprint density at radius 1 is 0.292 bits per heavy atom. The van der Waals surface area contributed by atoms with Gasteiger partial charge in [0.05, 0.1) is 5.56 Å². The Labute approximate surface area is 390 Å². The number of rotatable bonds is 7. The van der Waals surface area contributed by atoms with Gasteiger partial charge in [0.2, 0.25) is 5.69 Å². The van der Waals surface area contributed by atoms with Crippen LogP contribution < -0.4 is 26.4 Å². The summed E-state index contributed by atoms with van der Waals surface area (Å²) in [4.78, 5) is 0. The molecule has 0 spiro atoms. The maximum atomic E-state index is 15.4. The molecule has 9 aromatic rings. The van der Waals surface area contributed by atoms with Gasteiger partial charge in [-0.3, -0.25) is 0 Å². The maximum absolute atomic E-state index is 15.4. The minimum Gasteiger partial charge on any atom is -0.207 e. The number of hydrogen-bond acceptors (Lipinski definition) is 0. The van der Waals surface area contributed by atoms with Crippen LogP contribution in [-0.4, -0.2) is 6.15 Å². The molecule has 0 aliphatic rings. The van der Waals surface area contributed by atoms with Crippen molar-refractivity contribution in [3.8, 4) is 11.3 Å². The van der Waals surface area contributed by atoms with E-state index in [4.69, 9.17) is 0 Å². The molecule has 0 saturated carbocycles. The van der Waals surface area contributed by atoms with Crippen molar-refractivity contribution < 1.29 is 92.4 Å². The van der Waals surface area contributed by atoms with Crippen LogP contribution in [0.4, 0.5) is 87.8 Å². The van der Waals surface area contributed by atoms with Crippen molar-refractivity contribution in [3.63, 3.8) is 0 Å². The molecule has 0 aliphatic carbocycles. The highest BCUT2D eigenvalue weighted by Gasteiger charge is 2.52. The largest absolute Gasteiger partial charge is 0.214 e. The summed E-state index contributed by atoms with van der Waals surface area (Å²) in [6, 6.07) is 36.8. The van der Waals surface area contributed by atoms with Crippen LogP contribution in [0.2, 0.25) is 0 Å². The van der Waals surface area contributed by atoms with Crippen molar-refractivity contribution >= 4 is 49.5 Å². The lowest BCUT2D eigenvalue weighted by molar-refractivity contribution is -0.677. The number of nitrogens with zero attached hydrogens (tertiary/aromatic N) is 1. The molecule has 0 aliphatic heterocycles. The van der Waals surface area contributed by atoms with E-state index in [-0.39, 0.29) is 0 Å². The van der Waals surface area contributed by atoms with Crippen molar-refractivity contribution in [2.45, 2.75) is 6.54 Å². The molecule has 1 heterocycles. The lowest BCUT2D eigenvalue weighted by atomic mass is 9.12. The Bertz CT molecular complexity index is 3240. The van der Waals surface area contributed by atoms with Crippen LogP contribution >= 0.6 is 0 Å². The average molecular weight is 1030 g/mol. The third kappa shape index (κ3) is 7.74. The summed E-state index contributed by atoms with van der Waals surface area (Å²) in [7, 11) is 0. The van der Waals surface area contributed by atoms with E-state index < -0.39 is 144 Å². The maximum Gasteiger partial charge on any atom is 0.214 e. The lowest BCUT2D eigenvalue weighted by Gasteiger charge is -2.44. The zero-order chi connectivity index (χ0) is 52.4. The molecular weight excluding hydrogens is 1010 g/mol. The molecule has 0 saturated heterocycles. The van der Waals surface area contributed by atoms with Crippen LogP contribution in [0.25, 0.3) is 32.8 Å².